The van der Waals surface area contributed by atoms with Crippen LogP contribution in [-0.2, 0) is 20.7 Å². The van der Waals surface area contributed by atoms with Crippen molar-refractivity contribution < 1.29 is 18.7 Å². The molecule has 0 saturated heterocycles. The van der Waals surface area contributed by atoms with Crippen molar-refractivity contribution in [1.29, 1.82) is 0 Å². The number of esters is 1. The second-order valence-electron chi connectivity index (χ2n) is 3.66. The molecule has 0 aromatic heterocycles. The topological polar surface area (TPSA) is 69.4 Å². The van der Waals surface area contributed by atoms with Gasteiger partial charge in [0, 0.05) is 6.42 Å². The molecule has 0 spiro atoms. The van der Waals surface area contributed by atoms with E-state index in [0.717, 1.165) is 5.56 Å². The molecule has 0 unspecified atom stereocenters. The van der Waals surface area contributed by atoms with E-state index < -0.39 is 18.0 Å². The smallest absolute Gasteiger partial charge is 0.306 e. The molecule has 92 valence electrons. The minimum atomic E-state index is -0.921. The molecule has 17 heavy (non-hydrogen) atoms. The third-order valence-electron chi connectivity index (χ3n) is 2.24. The van der Waals surface area contributed by atoms with Crippen LogP contribution in [0.2, 0.25) is 0 Å². The van der Waals surface area contributed by atoms with Crippen LogP contribution in [0.25, 0.3) is 0 Å². The molecule has 1 amide bonds. The number of ether oxygens (including phenoxy) is 1. The summed E-state index contributed by atoms with van der Waals surface area (Å²) in [5.41, 5.74) is 5.78. The number of rotatable bonds is 5. The molecular formula is C12H14FNO3. The molecule has 1 rings (SSSR count). The fraction of sp³-hybridized carbons (Fsp3) is 0.333. The Labute approximate surface area is 98.6 Å². The normalized spacial score (nSPS) is 11.9. The van der Waals surface area contributed by atoms with E-state index >= 15 is 0 Å². The van der Waals surface area contributed by atoms with Crippen LogP contribution >= 0.6 is 0 Å². The van der Waals surface area contributed by atoms with Crippen molar-refractivity contribution in [1.82, 2.24) is 0 Å². The SMILES string of the molecule is C[C@H](OC(=O)CCc1ccc(F)cc1)C(N)=O. The first-order valence-electron chi connectivity index (χ1n) is 5.22. The molecule has 0 aliphatic carbocycles. The molecule has 0 saturated carbocycles. The second kappa shape index (κ2) is 5.98. The van der Waals surface area contributed by atoms with Gasteiger partial charge in [-0.1, -0.05) is 12.1 Å². The Kier molecular flexibility index (Phi) is 4.63. The number of primary amides is 1. The van der Waals surface area contributed by atoms with E-state index in [1.54, 1.807) is 12.1 Å². The van der Waals surface area contributed by atoms with E-state index in [1.807, 2.05) is 0 Å². The number of benzene rings is 1. The Hall–Kier alpha value is -1.91. The zero-order valence-corrected chi connectivity index (χ0v) is 9.48. The summed E-state index contributed by atoms with van der Waals surface area (Å²) < 4.78 is 17.4. The molecule has 1 atom stereocenters. The number of carbonyl (C=O) groups is 2. The molecule has 0 aliphatic heterocycles. The van der Waals surface area contributed by atoms with Gasteiger partial charge in [0.15, 0.2) is 6.10 Å². The minimum absolute atomic E-state index is 0.128. The first-order valence-corrected chi connectivity index (χ1v) is 5.22. The molecule has 2 N–H and O–H groups in total. The molecule has 0 radical (unpaired) electrons. The molecule has 4 nitrogen and oxygen atoms in total. The van der Waals surface area contributed by atoms with Gasteiger partial charge in [0.2, 0.25) is 0 Å². The van der Waals surface area contributed by atoms with E-state index in [-0.39, 0.29) is 12.2 Å². The Balaban J connectivity index is 2.38. The second-order valence-corrected chi connectivity index (χ2v) is 3.66. The van der Waals surface area contributed by atoms with Gasteiger partial charge in [0.25, 0.3) is 5.91 Å². The summed E-state index contributed by atoms with van der Waals surface area (Å²) in [6.07, 6.45) is -0.357. The number of aryl methyl sites for hydroxylation is 1. The number of carbonyl (C=O) groups excluding carboxylic acids is 2. The first kappa shape index (κ1) is 13.2. The van der Waals surface area contributed by atoms with Crippen molar-refractivity contribution in [2.24, 2.45) is 5.73 Å². The highest BCUT2D eigenvalue weighted by Crippen LogP contribution is 2.06. The highest BCUT2D eigenvalue weighted by Gasteiger charge is 2.14. The lowest BCUT2D eigenvalue weighted by Crippen LogP contribution is -2.30. The predicted octanol–water partition coefficient (Wildman–Crippen LogP) is 1.18. The van der Waals surface area contributed by atoms with Crippen LogP contribution in [0, 0.1) is 5.82 Å². The van der Waals surface area contributed by atoms with Crippen molar-refractivity contribution >= 4 is 11.9 Å². The number of hydrogen-bond acceptors (Lipinski definition) is 3. The molecule has 1 aromatic rings. The van der Waals surface area contributed by atoms with Gasteiger partial charge in [-0.15, -0.1) is 0 Å². The average molecular weight is 239 g/mol. The zero-order valence-electron chi connectivity index (χ0n) is 9.48. The van der Waals surface area contributed by atoms with Crippen molar-refractivity contribution in [2.75, 3.05) is 0 Å². The lowest BCUT2D eigenvalue weighted by molar-refractivity contribution is -0.153. The Morgan fingerprint density at radius 3 is 2.47 bits per heavy atom. The van der Waals surface area contributed by atoms with Gasteiger partial charge in [-0.2, -0.15) is 0 Å². The van der Waals surface area contributed by atoms with Crippen molar-refractivity contribution in [3.63, 3.8) is 0 Å². The highest BCUT2D eigenvalue weighted by atomic mass is 19.1. The fourth-order valence-corrected chi connectivity index (χ4v) is 1.21. The fourth-order valence-electron chi connectivity index (χ4n) is 1.21. The number of nitrogens with two attached hydrogens (primary N) is 1. The first-order chi connectivity index (χ1) is 7.99. The van der Waals surface area contributed by atoms with Crippen LogP contribution < -0.4 is 5.73 Å². The third-order valence-corrected chi connectivity index (χ3v) is 2.24. The Morgan fingerprint density at radius 2 is 1.94 bits per heavy atom. The molecule has 1 aromatic carbocycles. The van der Waals surface area contributed by atoms with E-state index in [2.05, 4.69) is 0 Å². The van der Waals surface area contributed by atoms with E-state index in [1.165, 1.54) is 19.1 Å². The van der Waals surface area contributed by atoms with Crippen molar-refractivity contribution in [3.05, 3.63) is 35.6 Å². The summed E-state index contributed by atoms with van der Waals surface area (Å²) in [4.78, 5) is 21.9. The highest BCUT2D eigenvalue weighted by molar-refractivity contribution is 5.81. The molecule has 5 heteroatoms. The Morgan fingerprint density at radius 1 is 1.35 bits per heavy atom. The molecule has 0 fully saturated rings. The molecule has 0 bridgehead atoms. The monoisotopic (exact) mass is 239 g/mol. The van der Waals surface area contributed by atoms with Gasteiger partial charge in [0.1, 0.15) is 5.82 Å². The van der Waals surface area contributed by atoms with Gasteiger partial charge >= 0.3 is 5.97 Å². The average Bonchev–Trinajstić information content (AvgIpc) is 2.28. The summed E-state index contributed by atoms with van der Waals surface area (Å²) in [6, 6.07) is 5.85. The maximum absolute atomic E-state index is 12.6. The van der Waals surface area contributed by atoms with Crippen LogP contribution in [-0.4, -0.2) is 18.0 Å². The summed E-state index contributed by atoms with van der Waals surface area (Å²) in [5, 5.41) is 0. The van der Waals surface area contributed by atoms with Gasteiger partial charge in [-0.25, -0.2) is 4.39 Å². The molecule has 0 aliphatic rings. The van der Waals surface area contributed by atoms with Crippen LogP contribution in [0.3, 0.4) is 0 Å². The molecular weight excluding hydrogens is 225 g/mol. The standard InChI is InChI=1S/C12H14FNO3/c1-8(12(14)16)17-11(15)7-4-9-2-5-10(13)6-3-9/h2-3,5-6,8H,4,7H2,1H3,(H2,14,16)/t8-/m0/s1. The van der Waals surface area contributed by atoms with Gasteiger partial charge in [0.05, 0.1) is 0 Å². The largest absolute Gasteiger partial charge is 0.453 e. The number of halogens is 1. The van der Waals surface area contributed by atoms with Gasteiger partial charge < -0.3 is 10.5 Å². The van der Waals surface area contributed by atoms with Gasteiger partial charge in [-0.05, 0) is 31.0 Å². The van der Waals surface area contributed by atoms with E-state index in [4.69, 9.17) is 10.5 Å². The maximum atomic E-state index is 12.6. The van der Waals surface area contributed by atoms with Crippen molar-refractivity contribution in [2.45, 2.75) is 25.9 Å². The van der Waals surface area contributed by atoms with Crippen LogP contribution in [0.5, 0.6) is 0 Å². The third kappa shape index (κ3) is 4.63. The lowest BCUT2D eigenvalue weighted by Gasteiger charge is -2.09. The van der Waals surface area contributed by atoms with Crippen LogP contribution in [0.1, 0.15) is 18.9 Å². The van der Waals surface area contributed by atoms with E-state index in [0.29, 0.717) is 6.42 Å². The predicted molar refractivity (Wildman–Crippen MR) is 59.5 cm³/mol. The number of hydrogen-bond donors (Lipinski definition) is 1. The zero-order chi connectivity index (χ0) is 12.8. The number of amides is 1. The van der Waals surface area contributed by atoms with Gasteiger partial charge in [-0.3, -0.25) is 9.59 Å². The summed E-state index contributed by atoms with van der Waals surface area (Å²) in [5.74, 6) is -1.50. The lowest BCUT2D eigenvalue weighted by atomic mass is 10.1. The minimum Gasteiger partial charge on any atom is -0.453 e. The van der Waals surface area contributed by atoms with Crippen LogP contribution in [0.15, 0.2) is 24.3 Å². The summed E-state index contributed by atoms with van der Waals surface area (Å²) >= 11 is 0. The summed E-state index contributed by atoms with van der Waals surface area (Å²) in [7, 11) is 0. The van der Waals surface area contributed by atoms with Crippen LogP contribution in [0.4, 0.5) is 4.39 Å². The maximum Gasteiger partial charge on any atom is 0.306 e. The summed E-state index contributed by atoms with van der Waals surface area (Å²) in [6.45, 7) is 1.41. The van der Waals surface area contributed by atoms with Crippen molar-refractivity contribution in [3.8, 4) is 0 Å². The Bertz CT molecular complexity index is 403. The quantitative estimate of drug-likeness (QED) is 0.784. The molecule has 0 heterocycles. The van der Waals surface area contributed by atoms with E-state index in [9.17, 15) is 14.0 Å².